The van der Waals surface area contributed by atoms with E-state index in [1.165, 1.54) is 6.33 Å². The molecule has 5 N–H and O–H groups in total. The number of ether oxygens (including phenoxy) is 1. The number of anilines is 1. The van der Waals surface area contributed by atoms with Crippen molar-refractivity contribution < 1.29 is 19.4 Å². The summed E-state index contributed by atoms with van der Waals surface area (Å²) in [6.45, 7) is 3.83. The van der Waals surface area contributed by atoms with E-state index in [9.17, 15) is 14.7 Å². The highest BCUT2D eigenvalue weighted by Crippen LogP contribution is 2.23. The normalized spacial score (nSPS) is 12.8. The van der Waals surface area contributed by atoms with E-state index in [0.29, 0.717) is 28.1 Å². The Labute approximate surface area is 202 Å². The second-order valence-electron chi connectivity index (χ2n) is 8.31. The lowest BCUT2D eigenvalue weighted by Crippen LogP contribution is -2.50. The number of nitrogens with two attached hydrogens (primary N) is 1. The number of fused-ring (bicyclic) bond motifs is 1. The van der Waals surface area contributed by atoms with Crippen LogP contribution in [0.25, 0.3) is 11.0 Å². The van der Waals surface area contributed by atoms with Gasteiger partial charge in [-0.3, -0.25) is 9.59 Å². The van der Waals surface area contributed by atoms with Gasteiger partial charge in [0.15, 0.2) is 6.10 Å². The highest BCUT2D eigenvalue weighted by atomic mass is 16.5. The lowest BCUT2D eigenvalue weighted by molar-refractivity contribution is -0.128. The van der Waals surface area contributed by atoms with E-state index in [-0.39, 0.29) is 6.10 Å². The van der Waals surface area contributed by atoms with Crippen molar-refractivity contribution in [2.45, 2.75) is 32.1 Å². The highest BCUT2D eigenvalue weighted by Gasteiger charge is 2.32. The number of aromatic amines is 1. The first-order valence-electron chi connectivity index (χ1n) is 11.2. The van der Waals surface area contributed by atoms with E-state index in [0.717, 1.165) is 10.5 Å². The summed E-state index contributed by atoms with van der Waals surface area (Å²) < 4.78 is 5.62. The number of aromatic nitrogens is 2. The Balaban J connectivity index is 1.56. The molecule has 0 radical (unpaired) electrons. The lowest BCUT2D eigenvalue weighted by atomic mass is 9.99. The molecule has 9 heteroatoms. The molecular formula is C26H27N5O4. The number of rotatable bonds is 8. The van der Waals surface area contributed by atoms with Crippen molar-refractivity contribution in [1.29, 1.82) is 0 Å². The molecule has 1 aromatic heterocycles. The predicted octanol–water partition coefficient (Wildman–Crippen LogP) is 3.09. The van der Waals surface area contributed by atoms with Gasteiger partial charge in [0.05, 0.1) is 35.2 Å². The van der Waals surface area contributed by atoms with Crippen molar-refractivity contribution in [3.63, 3.8) is 0 Å². The van der Waals surface area contributed by atoms with E-state index >= 15 is 0 Å². The van der Waals surface area contributed by atoms with Crippen LogP contribution in [0.1, 0.15) is 35.8 Å². The van der Waals surface area contributed by atoms with Crippen molar-refractivity contribution in [2.24, 2.45) is 5.84 Å². The molecule has 0 saturated carbocycles. The summed E-state index contributed by atoms with van der Waals surface area (Å²) >= 11 is 0. The van der Waals surface area contributed by atoms with Gasteiger partial charge in [0.1, 0.15) is 5.75 Å². The second-order valence-corrected chi connectivity index (χ2v) is 8.31. The SMILES string of the molecule is CC(C)Oc1ccc(C(=O)NC(c2ccccc2)C(O)C(=O)N(N)c2ccc3nc[nH]c3c2)cc1. The van der Waals surface area contributed by atoms with Gasteiger partial charge in [0.25, 0.3) is 11.8 Å². The maximum Gasteiger partial charge on any atom is 0.272 e. The van der Waals surface area contributed by atoms with E-state index in [4.69, 9.17) is 10.6 Å². The van der Waals surface area contributed by atoms with Crippen LogP contribution in [0.5, 0.6) is 5.75 Å². The molecule has 0 bridgehead atoms. The minimum Gasteiger partial charge on any atom is -0.491 e. The first-order chi connectivity index (χ1) is 16.8. The summed E-state index contributed by atoms with van der Waals surface area (Å²) in [6.07, 6.45) is -0.104. The monoisotopic (exact) mass is 473 g/mol. The van der Waals surface area contributed by atoms with E-state index in [1.54, 1.807) is 72.8 Å². The number of imidazole rings is 1. The Kier molecular flexibility index (Phi) is 7.09. The van der Waals surface area contributed by atoms with Crippen LogP contribution >= 0.6 is 0 Å². The summed E-state index contributed by atoms with van der Waals surface area (Å²) in [5.41, 5.74) is 2.69. The third-order valence-electron chi connectivity index (χ3n) is 5.42. The Morgan fingerprint density at radius 3 is 2.46 bits per heavy atom. The Bertz CT molecular complexity index is 1300. The highest BCUT2D eigenvalue weighted by molar-refractivity contribution is 5.99. The number of aliphatic hydroxyl groups excluding tert-OH is 1. The number of nitrogens with zero attached hydrogens (tertiary/aromatic N) is 2. The van der Waals surface area contributed by atoms with Crippen molar-refractivity contribution in [3.8, 4) is 5.75 Å². The Morgan fingerprint density at radius 1 is 1.06 bits per heavy atom. The van der Waals surface area contributed by atoms with Gasteiger partial charge < -0.3 is 20.1 Å². The van der Waals surface area contributed by atoms with Gasteiger partial charge in [-0.05, 0) is 61.9 Å². The number of H-pyrrole nitrogens is 1. The van der Waals surface area contributed by atoms with Crippen LogP contribution < -0.4 is 20.9 Å². The number of nitrogens with one attached hydrogen (secondary N) is 2. The van der Waals surface area contributed by atoms with Crippen molar-refractivity contribution in [2.75, 3.05) is 5.01 Å². The number of amides is 2. The molecule has 3 aromatic carbocycles. The molecule has 9 nitrogen and oxygen atoms in total. The smallest absolute Gasteiger partial charge is 0.272 e. The molecule has 35 heavy (non-hydrogen) atoms. The van der Waals surface area contributed by atoms with Crippen molar-refractivity contribution >= 4 is 28.5 Å². The molecular weight excluding hydrogens is 446 g/mol. The quantitative estimate of drug-likeness (QED) is 0.177. The summed E-state index contributed by atoms with van der Waals surface area (Å²) in [4.78, 5) is 33.3. The average Bonchev–Trinajstić information content (AvgIpc) is 3.34. The van der Waals surface area contributed by atoms with Crippen molar-refractivity contribution in [3.05, 3.63) is 90.3 Å². The van der Waals surface area contributed by atoms with Gasteiger partial charge in [0.2, 0.25) is 0 Å². The Hall–Kier alpha value is -4.21. The molecule has 0 fully saturated rings. The molecule has 0 aliphatic rings. The fourth-order valence-electron chi connectivity index (χ4n) is 3.67. The standard InChI is InChI=1S/C26H27N5O4/c1-16(2)35-20-11-8-18(9-12-20)25(33)30-23(17-6-4-3-5-7-17)24(32)26(34)31(27)19-10-13-21-22(14-19)29-15-28-21/h3-16,23-24,32H,27H2,1-2H3,(H,28,29)(H,30,33). The molecule has 0 saturated heterocycles. The third kappa shape index (κ3) is 5.48. The third-order valence-corrected chi connectivity index (χ3v) is 5.42. The number of carbonyl (C=O) groups excluding carboxylic acids is 2. The zero-order chi connectivity index (χ0) is 24.9. The van der Waals surface area contributed by atoms with E-state index < -0.39 is 24.0 Å². The molecule has 4 rings (SSSR count). The average molecular weight is 474 g/mol. The number of benzene rings is 3. The van der Waals surface area contributed by atoms with Gasteiger partial charge in [0, 0.05) is 5.56 Å². The number of hydrazine groups is 1. The zero-order valence-corrected chi connectivity index (χ0v) is 19.4. The van der Waals surface area contributed by atoms with E-state index in [2.05, 4.69) is 15.3 Å². The molecule has 180 valence electrons. The molecule has 2 amide bonds. The fourth-order valence-corrected chi connectivity index (χ4v) is 3.67. The van der Waals surface area contributed by atoms with Crippen LogP contribution in [-0.4, -0.2) is 39.1 Å². The van der Waals surface area contributed by atoms with Crippen LogP contribution in [-0.2, 0) is 4.79 Å². The molecule has 0 spiro atoms. The fraction of sp³-hybridized carbons (Fsp3) is 0.192. The molecule has 2 unspecified atom stereocenters. The summed E-state index contributed by atoms with van der Waals surface area (Å²) in [5.74, 6) is 5.48. The molecule has 4 aromatic rings. The summed E-state index contributed by atoms with van der Waals surface area (Å²) in [5, 5.41) is 14.7. The number of carbonyl (C=O) groups is 2. The van der Waals surface area contributed by atoms with Gasteiger partial charge in [-0.15, -0.1) is 0 Å². The van der Waals surface area contributed by atoms with Crippen LogP contribution in [0, 0.1) is 0 Å². The van der Waals surface area contributed by atoms with E-state index in [1.807, 2.05) is 13.8 Å². The number of aliphatic hydroxyl groups is 1. The zero-order valence-electron chi connectivity index (χ0n) is 19.4. The van der Waals surface area contributed by atoms with Crippen LogP contribution in [0.3, 0.4) is 0 Å². The summed E-state index contributed by atoms with van der Waals surface area (Å²) in [6, 6.07) is 19.4. The van der Waals surface area contributed by atoms with Crippen LogP contribution in [0.4, 0.5) is 5.69 Å². The Morgan fingerprint density at radius 2 is 1.77 bits per heavy atom. The maximum atomic E-state index is 13.2. The van der Waals surface area contributed by atoms with Gasteiger partial charge in [-0.25, -0.2) is 15.8 Å². The van der Waals surface area contributed by atoms with Crippen LogP contribution in [0.15, 0.2) is 79.1 Å². The van der Waals surface area contributed by atoms with Gasteiger partial charge in [-0.1, -0.05) is 30.3 Å². The van der Waals surface area contributed by atoms with Gasteiger partial charge >= 0.3 is 0 Å². The van der Waals surface area contributed by atoms with Gasteiger partial charge in [-0.2, -0.15) is 0 Å². The molecule has 2 atom stereocenters. The lowest BCUT2D eigenvalue weighted by Gasteiger charge is -2.27. The molecule has 0 aliphatic carbocycles. The second kappa shape index (κ2) is 10.4. The van der Waals surface area contributed by atoms with Crippen LogP contribution in [0.2, 0.25) is 0 Å². The molecule has 0 aliphatic heterocycles. The van der Waals surface area contributed by atoms with Crippen molar-refractivity contribution in [1.82, 2.24) is 15.3 Å². The minimum atomic E-state index is -1.65. The minimum absolute atomic E-state index is 0.00600. The maximum absolute atomic E-state index is 13.2. The molecule has 1 heterocycles. The largest absolute Gasteiger partial charge is 0.491 e. The first-order valence-corrected chi connectivity index (χ1v) is 11.2. The number of hydrogen-bond donors (Lipinski definition) is 4. The topological polar surface area (TPSA) is 134 Å². The summed E-state index contributed by atoms with van der Waals surface area (Å²) in [7, 11) is 0. The number of hydrogen-bond acceptors (Lipinski definition) is 6. The predicted molar refractivity (Wildman–Crippen MR) is 133 cm³/mol. The first kappa shape index (κ1) is 23.9.